The maximum Gasteiger partial charge on any atom is 0.407 e. The van der Waals surface area contributed by atoms with E-state index in [0.717, 1.165) is 27.6 Å². The van der Waals surface area contributed by atoms with E-state index in [1.165, 1.54) is 4.90 Å². The summed E-state index contributed by atoms with van der Waals surface area (Å²) in [4.78, 5) is 17.7. The first-order valence-electron chi connectivity index (χ1n) is 7.51. The van der Waals surface area contributed by atoms with Crippen molar-refractivity contribution in [2.45, 2.75) is 13.0 Å². The summed E-state index contributed by atoms with van der Waals surface area (Å²) < 4.78 is 5.78. The molecule has 3 N–H and O–H groups in total. The topological polar surface area (TPSA) is 88.7 Å². The van der Waals surface area contributed by atoms with Crippen LogP contribution in [0.3, 0.4) is 0 Å². The fourth-order valence-electron chi connectivity index (χ4n) is 2.59. The van der Waals surface area contributed by atoms with Crippen LogP contribution in [0.4, 0.5) is 4.79 Å². The van der Waals surface area contributed by atoms with Crippen LogP contribution in [0.5, 0.6) is 5.75 Å². The zero-order valence-corrected chi connectivity index (χ0v) is 13.5. The maximum absolute atomic E-state index is 10.9. The number of amides is 1. The molecule has 6 nitrogen and oxygen atoms in total. The van der Waals surface area contributed by atoms with Crippen LogP contribution < -0.4 is 10.5 Å². The van der Waals surface area contributed by atoms with E-state index in [2.05, 4.69) is 4.98 Å². The lowest BCUT2D eigenvalue weighted by Gasteiger charge is -2.13. The average Bonchev–Trinajstić information content (AvgIpc) is 3.23. The predicted octanol–water partition coefficient (Wildman–Crippen LogP) is 2.65. The Kier molecular flexibility index (Phi) is 4.78. The Morgan fingerprint density at radius 3 is 2.83 bits per heavy atom. The Hall–Kier alpha value is -2.12. The highest BCUT2D eigenvalue weighted by atomic mass is 32.1. The third-order valence-electron chi connectivity index (χ3n) is 3.90. The molecule has 7 heteroatoms. The van der Waals surface area contributed by atoms with Gasteiger partial charge in [-0.2, -0.15) is 0 Å². The number of likely N-dealkylation sites (tertiary alicyclic amines) is 1. The van der Waals surface area contributed by atoms with Crippen molar-refractivity contribution in [2.75, 3.05) is 19.7 Å². The van der Waals surface area contributed by atoms with E-state index in [0.29, 0.717) is 26.2 Å². The van der Waals surface area contributed by atoms with Gasteiger partial charge in [-0.1, -0.05) is 0 Å². The molecule has 0 spiro atoms. The average molecular weight is 333 g/mol. The number of nitrogens with zero attached hydrogens (tertiary/aromatic N) is 2. The Morgan fingerprint density at radius 2 is 2.22 bits per heavy atom. The molecular weight excluding hydrogens is 314 g/mol. The second kappa shape index (κ2) is 6.97. The molecule has 1 aromatic heterocycles. The van der Waals surface area contributed by atoms with Gasteiger partial charge in [0.1, 0.15) is 10.8 Å². The van der Waals surface area contributed by atoms with Gasteiger partial charge in [-0.15, -0.1) is 11.3 Å². The number of hydrogen-bond acceptors (Lipinski definition) is 5. The van der Waals surface area contributed by atoms with Crippen LogP contribution in [-0.4, -0.2) is 40.8 Å². The van der Waals surface area contributed by atoms with Gasteiger partial charge < -0.3 is 20.5 Å². The summed E-state index contributed by atoms with van der Waals surface area (Å²) in [7, 11) is 0. The maximum atomic E-state index is 10.9. The predicted molar refractivity (Wildman–Crippen MR) is 88.6 cm³/mol. The molecule has 1 atom stereocenters. The SMILES string of the molecule is NCc1cnc(-c2ccc(OC[C@@H]3CCN(C(=O)O)C3)cc2)s1. The normalized spacial score (nSPS) is 17.4. The van der Waals surface area contributed by atoms with E-state index in [4.69, 9.17) is 15.6 Å². The van der Waals surface area contributed by atoms with E-state index >= 15 is 0 Å². The summed E-state index contributed by atoms with van der Waals surface area (Å²) in [5.74, 6) is 1.05. The number of carboxylic acid groups (broad SMARTS) is 1. The first kappa shape index (κ1) is 15.8. The van der Waals surface area contributed by atoms with Crippen LogP contribution >= 0.6 is 11.3 Å². The van der Waals surface area contributed by atoms with E-state index in [-0.39, 0.29) is 5.92 Å². The molecule has 0 bridgehead atoms. The van der Waals surface area contributed by atoms with Gasteiger partial charge in [0.15, 0.2) is 0 Å². The van der Waals surface area contributed by atoms with Gasteiger partial charge in [-0.3, -0.25) is 0 Å². The van der Waals surface area contributed by atoms with Gasteiger partial charge in [0.05, 0.1) is 6.61 Å². The minimum absolute atomic E-state index is 0.261. The van der Waals surface area contributed by atoms with Gasteiger partial charge in [-0.25, -0.2) is 9.78 Å². The first-order chi connectivity index (χ1) is 11.2. The quantitative estimate of drug-likeness (QED) is 0.878. The van der Waals surface area contributed by atoms with Crippen LogP contribution in [0.25, 0.3) is 10.6 Å². The van der Waals surface area contributed by atoms with Crippen molar-refractivity contribution < 1.29 is 14.6 Å². The lowest BCUT2D eigenvalue weighted by molar-refractivity contribution is 0.151. The zero-order chi connectivity index (χ0) is 16.2. The summed E-state index contributed by atoms with van der Waals surface area (Å²) in [6.45, 7) is 2.19. The first-order valence-corrected chi connectivity index (χ1v) is 8.33. The Morgan fingerprint density at radius 1 is 1.43 bits per heavy atom. The van der Waals surface area contributed by atoms with Gasteiger partial charge in [-0.05, 0) is 30.7 Å². The van der Waals surface area contributed by atoms with Crippen molar-refractivity contribution in [2.24, 2.45) is 11.7 Å². The van der Waals surface area contributed by atoms with Crippen molar-refractivity contribution >= 4 is 17.4 Å². The van der Waals surface area contributed by atoms with Crippen LogP contribution in [0.15, 0.2) is 30.5 Å². The molecule has 23 heavy (non-hydrogen) atoms. The summed E-state index contributed by atoms with van der Waals surface area (Å²) >= 11 is 1.59. The Labute approximate surface area is 138 Å². The van der Waals surface area contributed by atoms with E-state index in [9.17, 15) is 4.79 Å². The molecule has 0 saturated carbocycles. The zero-order valence-electron chi connectivity index (χ0n) is 12.6. The van der Waals surface area contributed by atoms with E-state index in [1.54, 1.807) is 17.5 Å². The second-order valence-corrected chi connectivity index (χ2v) is 6.67. The molecule has 1 aliphatic rings. The molecular formula is C16H19N3O3S. The third kappa shape index (κ3) is 3.80. The van der Waals surface area contributed by atoms with Gasteiger partial charge in [0.25, 0.3) is 0 Å². The Balaban J connectivity index is 1.55. The monoisotopic (exact) mass is 333 g/mol. The number of benzene rings is 1. The van der Waals surface area contributed by atoms with Gasteiger partial charge >= 0.3 is 6.09 Å². The van der Waals surface area contributed by atoms with Crippen molar-refractivity contribution in [3.63, 3.8) is 0 Å². The number of aromatic nitrogens is 1. The minimum atomic E-state index is -0.850. The van der Waals surface area contributed by atoms with E-state index in [1.807, 2.05) is 24.3 Å². The van der Waals surface area contributed by atoms with Crippen molar-refractivity contribution in [3.8, 4) is 16.3 Å². The summed E-state index contributed by atoms with van der Waals surface area (Å²) in [5, 5.41) is 9.90. The van der Waals surface area contributed by atoms with Crippen LogP contribution in [-0.2, 0) is 6.54 Å². The molecule has 3 rings (SSSR count). The molecule has 0 radical (unpaired) electrons. The number of nitrogens with two attached hydrogens (primary N) is 1. The lowest BCUT2D eigenvalue weighted by atomic mass is 10.1. The smallest absolute Gasteiger partial charge is 0.407 e. The lowest BCUT2D eigenvalue weighted by Crippen LogP contribution is -2.27. The summed E-state index contributed by atoms with van der Waals surface area (Å²) in [6.07, 6.45) is 1.81. The minimum Gasteiger partial charge on any atom is -0.493 e. The highest BCUT2D eigenvalue weighted by molar-refractivity contribution is 7.15. The summed E-state index contributed by atoms with van der Waals surface area (Å²) in [6, 6.07) is 7.80. The number of thiazole rings is 1. The summed E-state index contributed by atoms with van der Waals surface area (Å²) in [5.41, 5.74) is 6.64. The number of rotatable bonds is 5. The molecule has 1 aliphatic heterocycles. The Bertz CT molecular complexity index is 671. The molecule has 2 heterocycles. The molecule has 2 aromatic rings. The molecule has 0 unspecified atom stereocenters. The number of ether oxygens (including phenoxy) is 1. The van der Waals surface area contributed by atoms with Crippen molar-refractivity contribution in [1.82, 2.24) is 9.88 Å². The molecule has 1 amide bonds. The molecule has 1 saturated heterocycles. The largest absolute Gasteiger partial charge is 0.493 e. The van der Waals surface area contributed by atoms with Crippen LogP contribution in [0.2, 0.25) is 0 Å². The molecule has 1 fully saturated rings. The van der Waals surface area contributed by atoms with Gasteiger partial charge in [0, 0.05) is 42.2 Å². The standard InChI is InChI=1S/C16H19N3O3S/c17-7-14-8-18-15(23-14)12-1-3-13(4-2-12)22-10-11-5-6-19(9-11)16(20)21/h1-4,8,11H,5-7,9-10,17H2,(H,20,21)/t11-/m1/s1. The second-order valence-electron chi connectivity index (χ2n) is 5.55. The third-order valence-corrected chi connectivity index (χ3v) is 4.97. The highest BCUT2D eigenvalue weighted by Crippen LogP contribution is 2.27. The van der Waals surface area contributed by atoms with E-state index < -0.39 is 6.09 Å². The number of carbonyl (C=O) groups is 1. The van der Waals surface area contributed by atoms with Crippen LogP contribution in [0.1, 0.15) is 11.3 Å². The molecule has 0 aliphatic carbocycles. The van der Waals surface area contributed by atoms with Crippen LogP contribution in [0, 0.1) is 5.92 Å². The molecule has 122 valence electrons. The van der Waals surface area contributed by atoms with Crippen molar-refractivity contribution in [3.05, 3.63) is 35.3 Å². The fourth-order valence-corrected chi connectivity index (χ4v) is 3.38. The fraction of sp³-hybridized carbons (Fsp3) is 0.375. The van der Waals surface area contributed by atoms with Crippen molar-refractivity contribution in [1.29, 1.82) is 0 Å². The highest BCUT2D eigenvalue weighted by Gasteiger charge is 2.26. The number of hydrogen-bond donors (Lipinski definition) is 2. The molecule has 1 aromatic carbocycles. The van der Waals surface area contributed by atoms with Gasteiger partial charge in [0.2, 0.25) is 0 Å².